The molecule has 1 aliphatic rings. The highest BCUT2D eigenvalue weighted by molar-refractivity contribution is 7.14. The average molecular weight is 450 g/mol. The second-order valence-corrected chi connectivity index (χ2v) is 8.85. The molecule has 0 bridgehead atoms. The molecule has 2 amide bonds. The van der Waals surface area contributed by atoms with E-state index < -0.39 is 17.5 Å². The van der Waals surface area contributed by atoms with Crippen LogP contribution in [0.4, 0.5) is 5.13 Å². The molecule has 2 N–H and O–H groups in total. The minimum atomic E-state index is -1.31. The second-order valence-electron chi connectivity index (χ2n) is 7.99. The van der Waals surface area contributed by atoms with Crippen molar-refractivity contribution in [2.24, 2.45) is 0 Å². The minimum absolute atomic E-state index is 0.0812. The molecule has 164 valence electrons. The maximum absolute atomic E-state index is 12.9. The van der Waals surface area contributed by atoms with E-state index in [4.69, 9.17) is 4.74 Å². The van der Waals surface area contributed by atoms with Gasteiger partial charge in [0.25, 0.3) is 5.91 Å². The van der Waals surface area contributed by atoms with Gasteiger partial charge in [-0.1, -0.05) is 42.5 Å². The lowest BCUT2D eigenvalue weighted by molar-refractivity contribution is -0.134. The molecule has 4 rings (SSSR count). The first-order valence-corrected chi connectivity index (χ1v) is 11.1. The summed E-state index contributed by atoms with van der Waals surface area (Å²) in [7, 11) is 0. The minimum Gasteiger partial charge on any atom is -0.445 e. The van der Waals surface area contributed by atoms with Crippen molar-refractivity contribution in [3.8, 4) is 11.3 Å². The van der Waals surface area contributed by atoms with E-state index >= 15 is 0 Å². The maximum Gasteiger partial charge on any atom is 0.339 e. The Kier molecular flexibility index (Phi) is 5.80. The number of hydrogen-bond acceptors (Lipinski definition) is 6. The molecule has 8 heteroatoms. The van der Waals surface area contributed by atoms with Gasteiger partial charge in [-0.3, -0.25) is 14.9 Å². The summed E-state index contributed by atoms with van der Waals surface area (Å²) in [5.74, 6) is -0.999. The number of esters is 1. The van der Waals surface area contributed by atoms with E-state index in [1.165, 1.54) is 18.3 Å². The monoisotopic (exact) mass is 449 g/mol. The Balaban J connectivity index is 1.46. The van der Waals surface area contributed by atoms with Crippen molar-refractivity contribution < 1.29 is 19.1 Å². The summed E-state index contributed by atoms with van der Waals surface area (Å²) in [5, 5.41) is 7.92. The topological polar surface area (TPSA) is 97.4 Å². The number of anilines is 1. The van der Waals surface area contributed by atoms with Gasteiger partial charge in [0.1, 0.15) is 0 Å². The van der Waals surface area contributed by atoms with E-state index in [0.29, 0.717) is 17.1 Å². The quantitative estimate of drug-likeness (QED) is 0.571. The molecule has 1 aromatic heterocycles. The van der Waals surface area contributed by atoms with Crippen LogP contribution in [0.2, 0.25) is 0 Å². The Bertz CT molecular complexity index is 1190. The predicted molar refractivity (Wildman–Crippen MR) is 122 cm³/mol. The number of nitrogens with zero attached hydrogens (tertiary/aromatic N) is 1. The fourth-order valence-corrected chi connectivity index (χ4v) is 4.40. The number of aromatic nitrogens is 1. The molecule has 32 heavy (non-hydrogen) atoms. The van der Waals surface area contributed by atoms with E-state index in [9.17, 15) is 14.4 Å². The number of amides is 2. The Morgan fingerprint density at radius 3 is 2.59 bits per heavy atom. The van der Waals surface area contributed by atoms with E-state index in [1.807, 2.05) is 48.7 Å². The summed E-state index contributed by atoms with van der Waals surface area (Å²) in [5.41, 5.74) is 2.57. The lowest BCUT2D eigenvalue weighted by Gasteiger charge is -2.32. The van der Waals surface area contributed by atoms with Crippen molar-refractivity contribution in [3.05, 3.63) is 70.6 Å². The molecular weight excluding hydrogens is 426 g/mol. The van der Waals surface area contributed by atoms with Crippen LogP contribution in [0.15, 0.2) is 53.9 Å². The first kappa shape index (κ1) is 21.7. The molecule has 2 heterocycles. The van der Waals surface area contributed by atoms with Crippen molar-refractivity contribution in [2.45, 2.75) is 38.8 Å². The highest BCUT2D eigenvalue weighted by Gasteiger charge is 2.42. The van der Waals surface area contributed by atoms with Crippen LogP contribution in [0.25, 0.3) is 11.3 Å². The van der Waals surface area contributed by atoms with Gasteiger partial charge in [0.2, 0.25) is 5.91 Å². The Labute approximate surface area is 189 Å². The summed E-state index contributed by atoms with van der Waals surface area (Å²) < 4.78 is 5.48. The fraction of sp³-hybridized carbons (Fsp3) is 0.250. The Morgan fingerprint density at radius 1 is 1.16 bits per heavy atom. The molecule has 7 nitrogen and oxygen atoms in total. The largest absolute Gasteiger partial charge is 0.445 e. The number of fused-ring (bicyclic) bond motifs is 1. The van der Waals surface area contributed by atoms with E-state index in [-0.39, 0.29) is 11.9 Å². The van der Waals surface area contributed by atoms with Crippen molar-refractivity contribution in [3.63, 3.8) is 0 Å². The SMILES string of the molecule is CC(=O)NC(C)c1ccc(-c2csc(NC(=O)C3(C)Cc4ccccc4C(=O)O3)n2)cc1. The van der Waals surface area contributed by atoms with Crippen molar-refractivity contribution >= 4 is 34.3 Å². The van der Waals surface area contributed by atoms with Crippen LogP contribution < -0.4 is 10.6 Å². The molecule has 0 fully saturated rings. The van der Waals surface area contributed by atoms with Gasteiger partial charge in [0, 0.05) is 24.3 Å². The van der Waals surface area contributed by atoms with Crippen LogP contribution in [0, 0.1) is 0 Å². The molecule has 0 saturated heterocycles. The molecule has 3 aromatic rings. The second kappa shape index (κ2) is 8.55. The van der Waals surface area contributed by atoms with Crippen molar-refractivity contribution in [1.82, 2.24) is 10.3 Å². The summed E-state index contributed by atoms with van der Waals surface area (Å²) >= 11 is 1.30. The van der Waals surface area contributed by atoms with E-state index in [2.05, 4.69) is 15.6 Å². The number of ether oxygens (including phenoxy) is 1. The zero-order valence-corrected chi connectivity index (χ0v) is 18.8. The molecular formula is C24H23N3O4S. The van der Waals surface area contributed by atoms with E-state index in [0.717, 1.165) is 22.4 Å². The van der Waals surface area contributed by atoms with Gasteiger partial charge in [-0.25, -0.2) is 9.78 Å². The molecule has 0 saturated carbocycles. The number of benzene rings is 2. The zero-order valence-electron chi connectivity index (χ0n) is 18.0. The molecule has 2 atom stereocenters. The van der Waals surface area contributed by atoms with Gasteiger partial charge < -0.3 is 10.1 Å². The average Bonchev–Trinajstić information content (AvgIpc) is 3.22. The fourth-order valence-electron chi connectivity index (χ4n) is 3.68. The first-order chi connectivity index (χ1) is 15.2. The van der Waals surface area contributed by atoms with Gasteiger partial charge in [0.05, 0.1) is 17.3 Å². The van der Waals surface area contributed by atoms with Crippen LogP contribution in [-0.4, -0.2) is 28.4 Å². The zero-order chi connectivity index (χ0) is 22.9. The molecule has 2 aromatic carbocycles. The third-order valence-electron chi connectivity index (χ3n) is 5.41. The van der Waals surface area contributed by atoms with Crippen LogP contribution >= 0.6 is 11.3 Å². The van der Waals surface area contributed by atoms with Crippen molar-refractivity contribution in [2.75, 3.05) is 5.32 Å². The number of cyclic esters (lactones) is 1. The normalized spacial score (nSPS) is 18.3. The lowest BCUT2D eigenvalue weighted by atomic mass is 9.89. The summed E-state index contributed by atoms with van der Waals surface area (Å²) in [6, 6.07) is 14.8. The number of carbonyl (C=O) groups is 3. The molecule has 1 aliphatic heterocycles. The summed E-state index contributed by atoms with van der Waals surface area (Å²) in [4.78, 5) is 41.0. The third-order valence-corrected chi connectivity index (χ3v) is 6.17. The number of hydrogen-bond donors (Lipinski definition) is 2. The van der Waals surface area contributed by atoms with Crippen molar-refractivity contribution in [1.29, 1.82) is 0 Å². The van der Waals surface area contributed by atoms with Gasteiger partial charge in [-0.2, -0.15) is 0 Å². The number of rotatable bonds is 5. The summed E-state index contributed by atoms with van der Waals surface area (Å²) in [6.45, 7) is 5.02. The van der Waals surface area contributed by atoms with E-state index in [1.54, 1.807) is 19.1 Å². The Morgan fingerprint density at radius 2 is 1.88 bits per heavy atom. The van der Waals surface area contributed by atoms with Crippen LogP contribution in [0.1, 0.15) is 48.3 Å². The molecule has 0 spiro atoms. The number of carbonyl (C=O) groups excluding carboxylic acids is 3. The third kappa shape index (κ3) is 4.40. The molecule has 2 unspecified atom stereocenters. The van der Waals surface area contributed by atoms with Gasteiger partial charge in [0.15, 0.2) is 10.7 Å². The van der Waals surface area contributed by atoms with Crippen LogP contribution in [0.3, 0.4) is 0 Å². The summed E-state index contributed by atoms with van der Waals surface area (Å²) in [6.07, 6.45) is 0.299. The Hall–Kier alpha value is -3.52. The lowest BCUT2D eigenvalue weighted by Crippen LogP contribution is -2.48. The maximum atomic E-state index is 12.9. The molecule has 0 radical (unpaired) electrons. The molecule has 0 aliphatic carbocycles. The standard InChI is InChI=1S/C24H23N3O4S/c1-14(25-15(2)28)16-8-10-17(11-9-16)20-13-32-23(26-20)27-22(30)24(3)12-18-6-4-5-7-19(18)21(29)31-24/h4-11,13-14H,12H2,1-3H3,(H,25,28)(H,26,27,30). The van der Waals surface area contributed by atoms with Gasteiger partial charge in [-0.15, -0.1) is 11.3 Å². The highest BCUT2D eigenvalue weighted by atomic mass is 32.1. The number of thiazole rings is 1. The van der Waals surface area contributed by atoms with Gasteiger partial charge >= 0.3 is 5.97 Å². The van der Waals surface area contributed by atoms with Gasteiger partial charge in [-0.05, 0) is 31.0 Å². The van der Waals surface area contributed by atoms with Crippen LogP contribution in [0.5, 0.6) is 0 Å². The first-order valence-electron chi connectivity index (χ1n) is 10.2. The smallest absolute Gasteiger partial charge is 0.339 e. The van der Waals surface area contributed by atoms with Crippen LogP contribution in [-0.2, 0) is 20.7 Å². The predicted octanol–water partition coefficient (Wildman–Crippen LogP) is 4.12. The highest BCUT2D eigenvalue weighted by Crippen LogP contribution is 2.31. The number of nitrogens with one attached hydrogen (secondary N) is 2.